The monoisotopic (exact) mass is 384 g/mol. The average molecular weight is 385 g/mol. The molecule has 1 fully saturated rings. The second-order valence-corrected chi connectivity index (χ2v) is 6.25. The second kappa shape index (κ2) is 11.8. The molecule has 1 saturated heterocycles. The minimum absolute atomic E-state index is 0. The molecular formula is C19H29ClN2O4. The number of halogens is 1. The summed E-state index contributed by atoms with van der Waals surface area (Å²) in [6.45, 7) is 3.69. The third-order valence-electron chi connectivity index (χ3n) is 4.40. The number of rotatable bonds is 8. The van der Waals surface area contributed by atoms with E-state index in [1.165, 1.54) is 7.11 Å². The van der Waals surface area contributed by atoms with E-state index < -0.39 is 5.92 Å². The second-order valence-electron chi connectivity index (χ2n) is 6.25. The van der Waals surface area contributed by atoms with Gasteiger partial charge in [-0.3, -0.25) is 9.59 Å². The molecule has 1 aliphatic rings. The molecule has 1 heterocycles. The zero-order chi connectivity index (χ0) is 18.1. The molecule has 2 rings (SSSR count). The van der Waals surface area contributed by atoms with Crippen molar-refractivity contribution in [3.05, 3.63) is 29.8 Å². The van der Waals surface area contributed by atoms with Crippen LogP contribution < -0.4 is 15.4 Å². The van der Waals surface area contributed by atoms with E-state index in [4.69, 9.17) is 9.47 Å². The van der Waals surface area contributed by atoms with Crippen LogP contribution in [0.1, 0.15) is 31.7 Å². The van der Waals surface area contributed by atoms with Crippen molar-refractivity contribution in [1.29, 1.82) is 0 Å². The van der Waals surface area contributed by atoms with Crippen LogP contribution in [-0.4, -0.2) is 44.7 Å². The van der Waals surface area contributed by atoms with Crippen LogP contribution in [-0.2, 0) is 20.7 Å². The third-order valence-corrected chi connectivity index (χ3v) is 4.40. The third kappa shape index (κ3) is 6.84. The molecular weight excluding hydrogens is 356 g/mol. The number of amides is 1. The first-order valence-corrected chi connectivity index (χ1v) is 8.94. The van der Waals surface area contributed by atoms with Crippen LogP contribution in [0.25, 0.3) is 0 Å². The lowest BCUT2D eigenvalue weighted by Crippen LogP contribution is -2.48. The predicted octanol–water partition coefficient (Wildman–Crippen LogP) is 2.10. The number of nitrogens with one attached hydrogen (secondary N) is 2. The van der Waals surface area contributed by atoms with Gasteiger partial charge < -0.3 is 20.1 Å². The Bertz CT molecular complexity index is 559. The topological polar surface area (TPSA) is 76.7 Å². The summed E-state index contributed by atoms with van der Waals surface area (Å²) in [7, 11) is 1.37. The Labute approximate surface area is 161 Å². The van der Waals surface area contributed by atoms with Crippen LogP contribution >= 0.6 is 12.4 Å². The van der Waals surface area contributed by atoms with Gasteiger partial charge in [-0.15, -0.1) is 12.4 Å². The number of methoxy groups -OCH3 is 1. The summed E-state index contributed by atoms with van der Waals surface area (Å²) in [5.74, 6) is 0.0408. The minimum Gasteiger partial charge on any atom is -0.494 e. The molecule has 0 saturated carbocycles. The van der Waals surface area contributed by atoms with Crippen molar-refractivity contribution >= 4 is 24.3 Å². The van der Waals surface area contributed by atoms with Gasteiger partial charge in [-0.1, -0.05) is 18.6 Å². The Kier molecular flexibility index (Phi) is 10.1. The van der Waals surface area contributed by atoms with Crippen LogP contribution in [0.4, 0.5) is 0 Å². The van der Waals surface area contributed by atoms with Crippen molar-refractivity contribution in [3.63, 3.8) is 0 Å². The maximum atomic E-state index is 12.2. The van der Waals surface area contributed by atoms with Gasteiger partial charge in [-0.05, 0) is 50.4 Å². The van der Waals surface area contributed by atoms with Crippen molar-refractivity contribution in [3.8, 4) is 5.75 Å². The molecule has 2 N–H and O–H groups in total. The fourth-order valence-corrected chi connectivity index (χ4v) is 3.00. The average Bonchev–Trinajstić information content (AvgIpc) is 2.66. The zero-order valence-electron chi connectivity index (χ0n) is 15.5. The Morgan fingerprint density at radius 2 is 2.00 bits per heavy atom. The normalized spacial score (nSPS) is 17.5. The summed E-state index contributed by atoms with van der Waals surface area (Å²) in [5, 5.41) is 6.10. The van der Waals surface area contributed by atoms with E-state index in [-0.39, 0.29) is 36.9 Å². The number of esters is 1. The molecule has 1 aromatic carbocycles. The standard InChI is InChI=1S/C19H28N2O4.ClH/c1-3-25-16-9-7-14(8-10-16)12-15(19(23)24-2)13-21-18(22)17-6-4-5-11-20-17;/h7-10,15,17,20H,3-6,11-13H2,1-2H3,(H,21,22);1H. The van der Waals surface area contributed by atoms with E-state index >= 15 is 0 Å². The smallest absolute Gasteiger partial charge is 0.310 e. The molecule has 0 bridgehead atoms. The molecule has 26 heavy (non-hydrogen) atoms. The fraction of sp³-hybridized carbons (Fsp3) is 0.579. The summed E-state index contributed by atoms with van der Waals surface area (Å²) in [6, 6.07) is 7.49. The van der Waals surface area contributed by atoms with Gasteiger partial charge in [-0.2, -0.15) is 0 Å². The molecule has 1 aliphatic heterocycles. The minimum atomic E-state index is -0.407. The van der Waals surface area contributed by atoms with Gasteiger partial charge >= 0.3 is 5.97 Å². The molecule has 7 heteroatoms. The van der Waals surface area contributed by atoms with Crippen molar-refractivity contribution < 1.29 is 19.1 Å². The number of piperidine rings is 1. The number of hydrogen-bond acceptors (Lipinski definition) is 5. The number of hydrogen-bond donors (Lipinski definition) is 2. The summed E-state index contributed by atoms with van der Waals surface area (Å²) in [5.41, 5.74) is 1.00. The SMILES string of the molecule is CCOc1ccc(CC(CNC(=O)C2CCCCN2)C(=O)OC)cc1.Cl. The lowest BCUT2D eigenvalue weighted by Gasteiger charge is -2.23. The largest absolute Gasteiger partial charge is 0.494 e. The Balaban J connectivity index is 0.00000338. The van der Waals surface area contributed by atoms with Gasteiger partial charge in [0.05, 0.1) is 25.7 Å². The number of carbonyl (C=O) groups excluding carboxylic acids is 2. The first kappa shape index (κ1) is 22.3. The fourth-order valence-electron chi connectivity index (χ4n) is 3.00. The molecule has 2 unspecified atom stereocenters. The lowest BCUT2D eigenvalue weighted by molar-refractivity contribution is -0.145. The molecule has 0 aliphatic carbocycles. The molecule has 1 amide bonds. The van der Waals surface area contributed by atoms with Gasteiger partial charge in [-0.25, -0.2) is 0 Å². The van der Waals surface area contributed by atoms with Crippen molar-refractivity contribution in [2.75, 3.05) is 26.8 Å². The van der Waals surface area contributed by atoms with Gasteiger partial charge in [0.2, 0.25) is 5.91 Å². The van der Waals surface area contributed by atoms with E-state index in [0.29, 0.717) is 13.0 Å². The first-order valence-electron chi connectivity index (χ1n) is 8.94. The summed E-state index contributed by atoms with van der Waals surface area (Å²) < 4.78 is 10.3. The van der Waals surface area contributed by atoms with Gasteiger partial charge in [0, 0.05) is 6.54 Å². The van der Waals surface area contributed by atoms with E-state index in [9.17, 15) is 9.59 Å². The van der Waals surface area contributed by atoms with E-state index in [1.807, 2.05) is 31.2 Å². The molecule has 6 nitrogen and oxygen atoms in total. The quantitative estimate of drug-likeness (QED) is 0.671. The van der Waals surface area contributed by atoms with Gasteiger partial charge in [0.1, 0.15) is 5.75 Å². The van der Waals surface area contributed by atoms with E-state index in [2.05, 4.69) is 10.6 Å². The lowest BCUT2D eigenvalue weighted by atomic mass is 9.98. The highest BCUT2D eigenvalue weighted by atomic mass is 35.5. The maximum absolute atomic E-state index is 12.2. The summed E-state index contributed by atoms with van der Waals surface area (Å²) in [6.07, 6.45) is 3.51. The Morgan fingerprint density at radius 3 is 2.58 bits per heavy atom. The number of carbonyl (C=O) groups is 2. The van der Waals surface area contributed by atoms with Crippen molar-refractivity contribution in [2.45, 2.75) is 38.6 Å². The summed E-state index contributed by atoms with van der Waals surface area (Å²) >= 11 is 0. The first-order chi connectivity index (χ1) is 12.1. The van der Waals surface area contributed by atoms with Crippen LogP contribution in [0, 0.1) is 5.92 Å². The van der Waals surface area contributed by atoms with Gasteiger partial charge in [0.25, 0.3) is 0 Å². The van der Waals surface area contributed by atoms with Crippen LogP contribution in [0.3, 0.4) is 0 Å². The van der Waals surface area contributed by atoms with Gasteiger partial charge in [0.15, 0.2) is 0 Å². The van der Waals surface area contributed by atoms with Crippen LogP contribution in [0.15, 0.2) is 24.3 Å². The van der Waals surface area contributed by atoms with Crippen molar-refractivity contribution in [1.82, 2.24) is 10.6 Å². The zero-order valence-corrected chi connectivity index (χ0v) is 16.3. The molecule has 2 atom stereocenters. The molecule has 0 spiro atoms. The predicted molar refractivity (Wildman–Crippen MR) is 103 cm³/mol. The highest BCUT2D eigenvalue weighted by Gasteiger charge is 2.24. The van der Waals surface area contributed by atoms with Crippen molar-refractivity contribution in [2.24, 2.45) is 5.92 Å². The highest BCUT2D eigenvalue weighted by Crippen LogP contribution is 2.16. The Morgan fingerprint density at radius 1 is 1.27 bits per heavy atom. The molecule has 146 valence electrons. The van der Waals surface area contributed by atoms with Crippen LogP contribution in [0.5, 0.6) is 5.75 Å². The molecule has 1 aromatic rings. The summed E-state index contributed by atoms with van der Waals surface area (Å²) in [4.78, 5) is 24.3. The maximum Gasteiger partial charge on any atom is 0.310 e. The van der Waals surface area contributed by atoms with E-state index in [0.717, 1.165) is 37.1 Å². The molecule has 0 aromatic heterocycles. The Hall–Kier alpha value is -1.79. The van der Waals surface area contributed by atoms with E-state index in [1.54, 1.807) is 0 Å². The highest BCUT2D eigenvalue weighted by molar-refractivity contribution is 5.85. The van der Waals surface area contributed by atoms with Crippen LogP contribution in [0.2, 0.25) is 0 Å². The molecule has 0 radical (unpaired) electrons. The number of benzene rings is 1. The number of ether oxygens (including phenoxy) is 2.